The fourth-order valence-corrected chi connectivity index (χ4v) is 6.10. The third-order valence-corrected chi connectivity index (χ3v) is 7.71. The van der Waals surface area contributed by atoms with Gasteiger partial charge in [0.2, 0.25) is 0 Å². The van der Waals surface area contributed by atoms with Gasteiger partial charge in [-0.3, -0.25) is 4.98 Å². The molecule has 34 heavy (non-hydrogen) atoms. The lowest BCUT2D eigenvalue weighted by Crippen LogP contribution is -1.99. The number of rotatable bonds is 3. The minimum Gasteiger partial charge on any atom is -0.455 e. The van der Waals surface area contributed by atoms with Crippen LogP contribution in [0.1, 0.15) is 41.5 Å². The number of fused-ring (bicyclic) bond motifs is 5. The van der Waals surface area contributed by atoms with Crippen molar-refractivity contribution in [2.45, 2.75) is 40.5 Å². The van der Waals surface area contributed by atoms with E-state index in [4.69, 9.17) is 9.40 Å². The Kier molecular flexibility index (Phi) is 4.82. The van der Waals surface area contributed by atoms with Crippen LogP contribution in [0.4, 0.5) is 0 Å². The van der Waals surface area contributed by atoms with Crippen molar-refractivity contribution in [1.82, 2.24) is 9.97 Å². The molecule has 0 amide bonds. The van der Waals surface area contributed by atoms with Gasteiger partial charge in [-0.05, 0) is 73.2 Å². The van der Waals surface area contributed by atoms with Crippen LogP contribution in [0, 0.1) is 20.8 Å². The molecule has 0 unspecified atom stereocenters. The van der Waals surface area contributed by atoms with E-state index in [1.54, 1.807) is 11.3 Å². The van der Waals surface area contributed by atoms with Crippen LogP contribution in [0.15, 0.2) is 65.2 Å². The van der Waals surface area contributed by atoms with Crippen molar-refractivity contribution in [2.24, 2.45) is 0 Å². The van der Waals surface area contributed by atoms with E-state index in [1.165, 1.54) is 32.5 Å². The summed E-state index contributed by atoms with van der Waals surface area (Å²) in [7, 11) is 0. The molecule has 0 saturated carbocycles. The van der Waals surface area contributed by atoms with Gasteiger partial charge >= 0.3 is 0 Å². The SMILES string of the molecule is Cc1nc2ccc3oc4c(-c5cc(C(C)C)c(-c6c(C)cccc6C)cn5)cccc4c3c2s1. The number of benzene rings is 3. The number of para-hydroxylation sites is 1. The number of hydrogen-bond acceptors (Lipinski definition) is 4. The topological polar surface area (TPSA) is 38.9 Å². The van der Waals surface area contributed by atoms with E-state index >= 15 is 0 Å². The quantitative estimate of drug-likeness (QED) is 0.263. The summed E-state index contributed by atoms with van der Waals surface area (Å²) in [4.78, 5) is 9.65. The predicted octanol–water partition coefficient (Wildman–Crippen LogP) is 8.97. The van der Waals surface area contributed by atoms with Crippen molar-refractivity contribution < 1.29 is 4.42 Å². The monoisotopic (exact) mass is 462 g/mol. The molecule has 6 rings (SSSR count). The number of furan rings is 1. The van der Waals surface area contributed by atoms with Crippen molar-refractivity contribution in [3.63, 3.8) is 0 Å². The van der Waals surface area contributed by atoms with E-state index in [1.807, 2.05) is 12.3 Å². The fourth-order valence-electron chi connectivity index (χ4n) is 5.12. The zero-order chi connectivity index (χ0) is 23.6. The van der Waals surface area contributed by atoms with Crippen molar-refractivity contribution in [1.29, 1.82) is 0 Å². The van der Waals surface area contributed by atoms with E-state index in [9.17, 15) is 0 Å². The van der Waals surface area contributed by atoms with E-state index in [0.717, 1.165) is 43.7 Å². The fraction of sp³-hybridized carbons (Fsp3) is 0.200. The molecule has 3 nitrogen and oxygen atoms in total. The standard InChI is InChI=1S/C30H26N2OS/c1-16(2)22-14-25(31-15-23(22)27-17(3)8-6-9-18(27)4)20-10-7-11-21-28-26(33-29(20)21)13-12-24-30(28)34-19(5)32-24/h6-16H,1-5H3. The minimum absolute atomic E-state index is 0.366. The molecule has 4 heteroatoms. The molecule has 0 aliphatic carbocycles. The summed E-state index contributed by atoms with van der Waals surface area (Å²) < 4.78 is 7.63. The van der Waals surface area contributed by atoms with Crippen molar-refractivity contribution in [3.8, 4) is 22.4 Å². The normalized spacial score (nSPS) is 11.9. The lowest BCUT2D eigenvalue weighted by molar-refractivity contribution is 0.670. The molecular formula is C30H26N2OS. The third-order valence-electron chi connectivity index (χ3n) is 6.71. The van der Waals surface area contributed by atoms with Gasteiger partial charge in [0.25, 0.3) is 0 Å². The molecule has 3 aromatic heterocycles. The minimum atomic E-state index is 0.366. The molecule has 0 radical (unpaired) electrons. The van der Waals surface area contributed by atoms with Gasteiger partial charge in [-0.25, -0.2) is 4.98 Å². The van der Waals surface area contributed by atoms with E-state index in [-0.39, 0.29) is 0 Å². The zero-order valence-corrected chi connectivity index (χ0v) is 20.9. The summed E-state index contributed by atoms with van der Waals surface area (Å²) in [6.07, 6.45) is 2.05. The van der Waals surface area contributed by atoms with Gasteiger partial charge in [0.1, 0.15) is 11.2 Å². The number of pyridine rings is 1. The lowest BCUT2D eigenvalue weighted by Gasteiger charge is -2.18. The Labute approximate surface area is 203 Å². The smallest absolute Gasteiger partial charge is 0.144 e. The summed E-state index contributed by atoms with van der Waals surface area (Å²) in [6, 6.07) is 19.2. The van der Waals surface area contributed by atoms with E-state index in [0.29, 0.717) is 5.92 Å². The van der Waals surface area contributed by atoms with Crippen molar-refractivity contribution >= 4 is 43.5 Å². The molecule has 3 heterocycles. The number of aryl methyl sites for hydroxylation is 3. The highest BCUT2D eigenvalue weighted by atomic mass is 32.1. The van der Waals surface area contributed by atoms with Crippen LogP contribution >= 0.6 is 11.3 Å². The molecule has 0 spiro atoms. The summed E-state index contributed by atoms with van der Waals surface area (Å²) in [5.74, 6) is 0.366. The molecule has 0 fully saturated rings. The number of thiazole rings is 1. The maximum absolute atomic E-state index is 6.45. The Bertz CT molecular complexity index is 1700. The molecule has 6 aromatic rings. The largest absolute Gasteiger partial charge is 0.455 e. The zero-order valence-electron chi connectivity index (χ0n) is 20.1. The molecule has 0 saturated heterocycles. The lowest BCUT2D eigenvalue weighted by atomic mass is 9.88. The van der Waals surface area contributed by atoms with Gasteiger partial charge in [-0.2, -0.15) is 0 Å². The molecule has 168 valence electrons. The van der Waals surface area contributed by atoms with Crippen LogP contribution in [0.2, 0.25) is 0 Å². The first-order valence-electron chi connectivity index (χ1n) is 11.7. The summed E-state index contributed by atoms with van der Waals surface area (Å²) in [5, 5.41) is 3.34. The maximum Gasteiger partial charge on any atom is 0.144 e. The van der Waals surface area contributed by atoms with Crippen molar-refractivity contribution in [2.75, 3.05) is 0 Å². The van der Waals surface area contributed by atoms with Crippen LogP contribution in [0.5, 0.6) is 0 Å². The predicted molar refractivity (Wildman–Crippen MR) is 144 cm³/mol. The number of hydrogen-bond donors (Lipinski definition) is 0. The van der Waals surface area contributed by atoms with E-state index in [2.05, 4.69) is 88.1 Å². The molecule has 3 aromatic carbocycles. The molecule has 0 atom stereocenters. The van der Waals surface area contributed by atoms with Crippen LogP contribution in [0.25, 0.3) is 54.5 Å². The van der Waals surface area contributed by atoms with Gasteiger partial charge < -0.3 is 4.42 Å². The first-order chi connectivity index (χ1) is 16.4. The summed E-state index contributed by atoms with van der Waals surface area (Å²) in [5.41, 5.74) is 11.1. The van der Waals surface area contributed by atoms with Crippen LogP contribution in [-0.4, -0.2) is 9.97 Å². The van der Waals surface area contributed by atoms with Crippen molar-refractivity contribution in [3.05, 3.63) is 82.5 Å². The average molecular weight is 463 g/mol. The molecule has 0 N–H and O–H groups in total. The van der Waals surface area contributed by atoms with Crippen LogP contribution in [-0.2, 0) is 0 Å². The highest BCUT2D eigenvalue weighted by Crippen LogP contribution is 2.42. The molecule has 0 bridgehead atoms. The van der Waals surface area contributed by atoms with Gasteiger partial charge in [-0.15, -0.1) is 11.3 Å². The summed E-state index contributed by atoms with van der Waals surface area (Å²) >= 11 is 1.72. The van der Waals surface area contributed by atoms with Gasteiger partial charge in [0, 0.05) is 28.1 Å². The third kappa shape index (κ3) is 3.17. The first kappa shape index (κ1) is 21.1. The Hall–Kier alpha value is -3.50. The van der Waals surface area contributed by atoms with Crippen LogP contribution < -0.4 is 0 Å². The Morgan fingerprint density at radius 1 is 0.882 bits per heavy atom. The van der Waals surface area contributed by atoms with Gasteiger partial charge in [0.15, 0.2) is 0 Å². The number of aromatic nitrogens is 2. The Balaban J connectivity index is 1.60. The van der Waals surface area contributed by atoms with Gasteiger partial charge in [0.05, 0.1) is 20.9 Å². The van der Waals surface area contributed by atoms with E-state index < -0.39 is 0 Å². The average Bonchev–Trinajstić information content (AvgIpc) is 3.38. The second kappa shape index (κ2) is 7.78. The summed E-state index contributed by atoms with van der Waals surface area (Å²) in [6.45, 7) is 10.9. The number of nitrogens with zero attached hydrogens (tertiary/aromatic N) is 2. The second-order valence-corrected chi connectivity index (χ2v) is 10.6. The molecule has 0 aliphatic heterocycles. The first-order valence-corrected chi connectivity index (χ1v) is 12.5. The second-order valence-electron chi connectivity index (χ2n) is 9.38. The molecule has 0 aliphatic rings. The highest BCUT2D eigenvalue weighted by molar-refractivity contribution is 7.19. The Morgan fingerprint density at radius 2 is 1.65 bits per heavy atom. The Morgan fingerprint density at radius 3 is 2.41 bits per heavy atom. The van der Waals surface area contributed by atoms with Crippen LogP contribution in [0.3, 0.4) is 0 Å². The maximum atomic E-state index is 6.45. The van der Waals surface area contributed by atoms with Gasteiger partial charge in [-0.1, -0.05) is 44.2 Å². The highest BCUT2D eigenvalue weighted by Gasteiger charge is 2.19. The molecular weight excluding hydrogens is 436 g/mol.